The Balaban J connectivity index is 2.13. The van der Waals surface area contributed by atoms with Gasteiger partial charge in [0.15, 0.2) is 0 Å². The Morgan fingerprint density at radius 3 is 2.53 bits per heavy atom. The van der Waals surface area contributed by atoms with Crippen molar-refractivity contribution in [2.45, 2.75) is 59.0 Å². The number of nitriles is 1. The van der Waals surface area contributed by atoms with Crippen LogP contribution in [-0.2, 0) is 0 Å². The third-order valence-electron chi connectivity index (χ3n) is 6.19. The lowest BCUT2D eigenvalue weighted by Gasteiger charge is -2.26. The molecule has 0 spiro atoms. The number of nitrogens with zero attached hydrogens (tertiary/aromatic N) is 1. The first kappa shape index (κ1) is 25.2. The average Bonchev–Trinajstić information content (AvgIpc) is 2.87. The molecule has 0 aromatic heterocycles. The molecule has 1 N–H and O–H groups in total. The van der Waals surface area contributed by atoms with E-state index in [1.165, 1.54) is 21.9 Å². The molecule has 34 heavy (non-hydrogen) atoms. The zero-order valence-corrected chi connectivity index (χ0v) is 20.9. The molecule has 3 rings (SSSR count). The third kappa shape index (κ3) is 6.13. The molecular formula is C32H36N2. The fourth-order valence-electron chi connectivity index (χ4n) is 4.45. The Morgan fingerprint density at radius 2 is 1.79 bits per heavy atom. The molecule has 174 valence electrons. The van der Waals surface area contributed by atoms with Crippen LogP contribution in [-0.4, -0.2) is 6.04 Å². The monoisotopic (exact) mass is 448 g/mol. The molecule has 2 heteroatoms. The molecule has 3 aromatic rings. The number of benzene rings is 3. The summed E-state index contributed by atoms with van der Waals surface area (Å²) in [4.78, 5) is 0. The maximum atomic E-state index is 9.92. The van der Waals surface area contributed by atoms with Gasteiger partial charge in [-0.2, -0.15) is 5.26 Å². The predicted molar refractivity (Wildman–Crippen MR) is 147 cm³/mol. The van der Waals surface area contributed by atoms with E-state index in [2.05, 4.69) is 124 Å². The van der Waals surface area contributed by atoms with Crippen molar-refractivity contribution in [1.82, 2.24) is 5.32 Å². The summed E-state index contributed by atoms with van der Waals surface area (Å²) in [6, 6.07) is 23.8. The highest BCUT2D eigenvalue weighted by Gasteiger charge is 2.19. The topological polar surface area (TPSA) is 35.8 Å². The van der Waals surface area contributed by atoms with Crippen molar-refractivity contribution in [3.8, 4) is 17.2 Å². The standard InChI is InChI=1S/C32H36N2/c1-5-8-9-10-15-25(7-3)32(34-24(4)14-6-2)27-20-21-28(23-33)31(22-27)30-19-13-17-26-16-11-12-18-29(26)30/h7-13,15-22,24,32,34H,5-6,14H2,1-4H3/b9-8+,15-10-,25-7+. The number of hydrogen-bond acceptors (Lipinski definition) is 2. The largest absolute Gasteiger partial charge is 0.304 e. The van der Waals surface area contributed by atoms with Crippen molar-refractivity contribution in [3.63, 3.8) is 0 Å². The molecule has 0 radical (unpaired) electrons. The molecule has 0 saturated heterocycles. The van der Waals surface area contributed by atoms with Crippen LogP contribution in [0.25, 0.3) is 21.9 Å². The van der Waals surface area contributed by atoms with Gasteiger partial charge in [0, 0.05) is 11.6 Å². The van der Waals surface area contributed by atoms with E-state index in [0.29, 0.717) is 11.6 Å². The van der Waals surface area contributed by atoms with Gasteiger partial charge in [0.1, 0.15) is 0 Å². The summed E-state index contributed by atoms with van der Waals surface area (Å²) < 4.78 is 0. The number of hydrogen-bond donors (Lipinski definition) is 1. The highest BCUT2D eigenvalue weighted by molar-refractivity contribution is 5.97. The summed E-state index contributed by atoms with van der Waals surface area (Å²) in [7, 11) is 0. The molecule has 2 unspecified atom stereocenters. The van der Waals surface area contributed by atoms with E-state index in [-0.39, 0.29) is 6.04 Å². The third-order valence-corrected chi connectivity index (χ3v) is 6.19. The van der Waals surface area contributed by atoms with Crippen LogP contribution < -0.4 is 5.32 Å². The highest BCUT2D eigenvalue weighted by Crippen LogP contribution is 2.34. The van der Waals surface area contributed by atoms with E-state index in [1.807, 2.05) is 6.07 Å². The zero-order valence-electron chi connectivity index (χ0n) is 20.9. The summed E-state index contributed by atoms with van der Waals surface area (Å²) in [6.45, 7) is 8.71. The minimum atomic E-state index is 0.0410. The number of rotatable bonds is 10. The Hall–Kier alpha value is -3.41. The summed E-state index contributed by atoms with van der Waals surface area (Å²) >= 11 is 0. The number of allylic oxidation sites excluding steroid dienone is 4. The normalized spacial score (nSPS) is 14.0. The number of nitrogens with one attached hydrogen (secondary N) is 1. The Kier molecular flexibility index (Phi) is 9.44. The van der Waals surface area contributed by atoms with Crippen LogP contribution in [0.4, 0.5) is 0 Å². The molecule has 0 aliphatic rings. The molecular weight excluding hydrogens is 412 g/mol. The second-order valence-electron chi connectivity index (χ2n) is 8.72. The van der Waals surface area contributed by atoms with Gasteiger partial charge in [-0.3, -0.25) is 0 Å². The molecule has 0 saturated carbocycles. The van der Waals surface area contributed by atoms with Gasteiger partial charge in [-0.25, -0.2) is 0 Å². The maximum absolute atomic E-state index is 9.92. The van der Waals surface area contributed by atoms with E-state index in [4.69, 9.17) is 0 Å². The van der Waals surface area contributed by atoms with Crippen molar-refractivity contribution in [2.75, 3.05) is 0 Å². The van der Waals surface area contributed by atoms with Crippen molar-refractivity contribution < 1.29 is 0 Å². The Morgan fingerprint density at radius 1 is 1.00 bits per heavy atom. The second kappa shape index (κ2) is 12.7. The summed E-state index contributed by atoms with van der Waals surface area (Å²) in [5.41, 5.74) is 5.17. The van der Waals surface area contributed by atoms with E-state index < -0.39 is 0 Å². The molecule has 0 heterocycles. The van der Waals surface area contributed by atoms with Gasteiger partial charge in [-0.15, -0.1) is 0 Å². The summed E-state index contributed by atoms with van der Waals surface area (Å²) in [5.74, 6) is 0. The molecule has 0 fully saturated rings. The predicted octanol–water partition coefficient (Wildman–Crippen LogP) is 8.67. The van der Waals surface area contributed by atoms with Crippen LogP contribution >= 0.6 is 0 Å². The average molecular weight is 449 g/mol. The van der Waals surface area contributed by atoms with Gasteiger partial charge in [-0.05, 0) is 66.3 Å². The van der Waals surface area contributed by atoms with Crippen molar-refractivity contribution in [1.29, 1.82) is 5.26 Å². The quantitative estimate of drug-likeness (QED) is 0.315. The molecule has 2 nitrogen and oxygen atoms in total. The Bertz CT molecular complexity index is 1220. The van der Waals surface area contributed by atoms with Gasteiger partial charge in [-0.1, -0.05) is 99.2 Å². The van der Waals surface area contributed by atoms with E-state index >= 15 is 0 Å². The van der Waals surface area contributed by atoms with Gasteiger partial charge in [0.05, 0.1) is 17.7 Å². The van der Waals surface area contributed by atoms with Gasteiger partial charge < -0.3 is 5.32 Å². The fraction of sp³-hybridized carbons (Fsp3) is 0.281. The van der Waals surface area contributed by atoms with Crippen molar-refractivity contribution in [3.05, 3.63) is 108 Å². The van der Waals surface area contributed by atoms with Crippen LogP contribution in [0.5, 0.6) is 0 Å². The van der Waals surface area contributed by atoms with Gasteiger partial charge in [0.25, 0.3) is 0 Å². The lowest BCUT2D eigenvalue weighted by atomic mass is 9.89. The molecule has 0 aliphatic heterocycles. The van der Waals surface area contributed by atoms with Crippen molar-refractivity contribution in [2.24, 2.45) is 0 Å². The van der Waals surface area contributed by atoms with Crippen molar-refractivity contribution >= 4 is 10.8 Å². The first-order chi connectivity index (χ1) is 16.6. The van der Waals surface area contributed by atoms with Crippen LogP contribution in [0.3, 0.4) is 0 Å². The van der Waals surface area contributed by atoms with E-state index in [0.717, 1.165) is 30.4 Å². The summed E-state index contributed by atoms with van der Waals surface area (Å²) in [6.07, 6.45) is 14.0. The molecule has 2 atom stereocenters. The summed E-state index contributed by atoms with van der Waals surface area (Å²) in [5, 5.41) is 16.1. The van der Waals surface area contributed by atoms with E-state index in [1.54, 1.807) is 0 Å². The second-order valence-corrected chi connectivity index (χ2v) is 8.72. The lowest BCUT2D eigenvalue weighted by molar-refractivity contribution is 0.468. The first-order valence-electron chi connectivity index (χ1n) is 12.4. The van der Waals surface area contributed by atoms with Crippen LogP contribution in [0, 0.1) is 11.3 Å². The molecule has 0 aliphatic carbocycles. The Labute approximate surface area is 205 Å². The van der Waals surface area contributed by atoms with Crippen LogP contribution in [0.15, 0.2) is 96.6 Å². The minimum Gasteiger partial charge on any atom is -0.304 e. The minimum absolute atomic E-state index is 0.0410. The number of fused-ring (bicyclic) bond motifs is 1. The fourth-order valence-corrected chi connectivity index (χ4v) is 4.45. The van der Waals surface area contributed by atoms with E-state index in [9.17, 15) is 5.26 Å². The molecule has 0 bridgehead atoms. The molecule has 0 amide bonds. The smallest absolute Gasteiger partial charge is 0.0998 e. The van der Waals surface area contributed by atoms with Gasteiger partial charge >= 0.3 is 0 Å². The van der Waals surface area contributed by atoms with Crippen LogP contribution in [0.1, 0.15) is 64.1 Å². The lowest BCUT2D eigenvalue weighted by Crippen LogP contribution is -2.31. The molecule has 3 aromatic carbocycles. The SMILES string of the molecule is C\C=C(/C=C\C=C\CC)C(NC(C)CCC)c1ccc(C#N)c(-c2cccc3ccccc23)c1. The van der Waals surface area contributed by atoms with Crippen LogP contribution in [0.2, 0.25) is 0 Å². The maximum Gasteiger partial charge on any atom is 0.0998 e. The zero-order chi connectivity index (χ0) is 24.3. The van der Waals surface area contributed by atoms with Gasteiger partial charge in [0.2, 0.25) is 0 Å². The first-order valence-corrected chi connectivity index (χ1v) is 12.4. The highest BCUT2D eigenvalue weighted by atomic mass is 14.9.